The summed E-state index contributed by atoms with van der Waals surface area (Å²) in [5.41, 5.74) is 1.34. The number of alkyl halides is 1. The van der Waals surface area contributed by atoms with Gasteiger partial charge in [0.2, 0.25) is 11.8 Å². The lowest BCUT2D eigenvalue weighted by atomic mass is 9.70. The van der Waals surface area contributed by atoms with E-state index in [-0.39, 0.29) is 36.4 Å². The number of esters is 1. The number of carbonyl (C=O) groups excluding carboxylic acids is 3. The molecule has 168 valence electrons. The van der Waals surface area contributed by atoms with E-state index in [0.29, 0.717) is 12.1 Å². The number of nitrogens with zero attached hydrogens (tertiary/aromatic N) is 1. The van der Waals surface area contributed by atoms with E-state index in [1.54, 1.807) is 6.92 Å². The normalized spacial score (nSPS) is 33.5. The van der Waals surface area contributed by atoms with Crippen molar-refractivity contribution in [1.82, 2.24) is 4.90 Å². The molecule has 3 saturated heterocycles. The van der Waals surface area contributed by atoms with Gasteiger partial charge in [0, 0.05) is 17.1 Å². The first kappa shape index (κ1) is 22.2. The van der Waals surface area contributed by atoms with E-state index >= 15 is 0 Å². The molecule has 4 rings (SSSR count). The van der Waals surface area contributed by atoms with Crippen molar-refractivity contribution in [2.24, 2.45) is 11.8 Å². The average molecular weight is 495 g/mol. The molecule has 3 aliphatic heterocycles. The van der Waals surface area contributed by atoms with Gasteiger partial charge in [-0.1, -0.05) is 34.1 Å². The number of para-hydroxylation sites is 1. The van der Waals surface area contributed by atoms with E-state index < -0.39 is 35.6 Å². The van der Waals surface area contributed by atoms with Crippen LogP contribution in [0.15, 0.2) is 18.2 Å². The SMILES string of the molecule is CCOC(=O)[C@H]1[C@H]2C(=O)N(CCO)C(C(=O)Nc3c(C)cccc3C)C23CC(Br)[C@@H]1O3. The number of likely N-dealkylation sites (tertiary alicyclic amines) is 1. The summed E-state index contributed by atoms with van der Waals surface area (Å²) < 4.78 is 11.5. The van der Waals surface area contributed by atoms with Crippen LogP contribution in [0.3, 0.4) is 0 Å². The number of amides is 2. The lowest BCUT2D eigenvalue weighted by Gasteiger charge is -2.34. The summed E-state index contributed by atoms with van der Waals surface area (Å²) in [7, 11) is 0. The van der Waals surface area contributed by atoms with Crippen LogP contribution >= 0.6 is 15.9 Å². The Morgan fingerprint density at radius 1 is 1.35 bits per heavy atom. The minimum Gasteiger partial charge on any atom is -0.466 e. The number of benzene rings is 1. The Hall–Kier alpha value is -1.97. The van der Waals surface area contributed by atoms with Crippen LogP contribution in [0.2, 0.25) is 0 Å². The lowest BCUT2D eigenvalue weighted by molar-refractivity contribution is -0.154. The van der Waals surface area contributed by atoms with Gasteiger partial charge in [-0.3, -0.25) is 14.4 Å². The van der Waals surface area contributed by atoms with Gasteiger partial charge in [0.1, 0.15) is 11.6 Å². The van der Waals surface area contributed by atoms with Gasteiger partial charge in [-0.05, 0) is 38.3 Å². The molecule has 8 nitrogen and oxygen atoms in total. The van der Waals surface area contributed by atoms with Crippen LogP contribution in [0.4, 0.5) is 5.69 Å². The van der Waals surface area contributed by atoms with Crippen LogP contribution < -0.4 is 5.32 Å². The minimum atomic E-state index is -1.15. The van der Waals surface area contributed by atoms with E-state index in [4.69, 9.17) is 9.47 Å². The molecule has 1 spiro atoms. The number of aliphatic hydroxyl groups is 1. The molecule has 0 saturated carbocycles. The summed E-state index contributed by atoms with van der Waals surface area (Å²) in [5, 5.41) is 12.6. The van der Waals surface area contributed by atoms with Gasteiger partial charge in [-0.25, -0.2) is 0 Å². The number of hydrogen-bond donors (Lipinski definition) is 2. The Morgan fingerprint density at radius 2 is 2.03 bits per heavy atom. The highest BCUT2D eigenvalue weighted by molar-refractivity contribution is 9.09. The first-order valence-electron chi connectivity index (χ1n) is 10.5. The zero-order valence-corrected chi connectivity index (χ0v) is 19.3. The molecule has 0 aromatic heterocycles. The molecule has 2 N–H and O–H groups in total. The van der Waals surface area contributed by atoms with Gasteiger partial charge in [0.05, 0.1) is 31.2 Å². The smallest absolute Gasteiger partial charge is 0.312 e. The largest absolute Gasteiger partial charge is 0.466 e. The van der Waals surface area contributed by atoms with Crippen LogP contribution in [-0.4, -0.2) is 70.1 Å². The molecule has 2 amide bonds. The van der Waals surface area contributed by atoms with Gasteiger partial charge >= 0.3 is 5.97 Å². The van der Waals surface area contributed by atoms with Crippen LogP contribution in [0.1, 0.15) is 24.5 Å². The Labute approximate surface area is 189 Å². The maximum atomic E-state index is 13.6. The van der Waals surface area contributed by atoms with Crippen molar-refractivity contribution in [3.05, 3.63) is 29.3 Å². The zero-order chi connectivity index (χ0) is 22.5. The summed E-state index contributed by atoms with van der Waals surface area (Å²) in [6, 6.07) is 4.75. The summed E-state index contributed by atoms with van der Waals surface area (Å²) in [4.78, 5) is 40.9. The van der Waals surface area contributed by atoms with E-state index in [1.807, 2.05) is 32.0 Å². The quantitative estimate of drug-likeness (QED) is 0.459. The molecule has 3 aliphatic rings. The van der Waals surface area contributed by atoms with Crippen molar-refractivity contribution in [2.45, 2.75) is 49.8 Å². The third-order valence-electron chi connectivity index (χ3n) is 6.67. The molecule has 0 radical (unpaired) electrons. The molecule has 3 heterocycles. The molecular weight excluding hydrogens is 468 g/mol. The molecular formula is C22H27BrN2O6. The zero-order valence-electron chi connectivity index (χ0n) is 17.8. The third-order valence-corrected chi connectivity index (χ3v) is 7.51. The second-order valence-corrected chi connectivity index (χ2v) is 9.60. The molecule has 6 atom stereocenters. The summed E-state index contributed by atoms with van der Waals surface area (Å²) in [6.07, 6.45) is -0.128. The summed E-state index contributed by atoms with van der Waals surface area (Å²) in [6.45, 7) is 5.39. The van der Waals surface area contributed by atoms with E-state index in [9.17, 15) is 19.5 Å². The van der Waals surface area contributed by atoms with E-state index in [2.05, 4.69) is 21.2 Å². The van der Waals surface area contributed by atoms with Crippen molar-refractivity contribution < 1.29 is 29.0 Å². The fourth-order valence-corrected chi connectivity index (χ4v) is 6.43. The van der Waals surface area contributed by atoms with Crippen LogP contribution in [-0.2, 0) is 23.9 Å². The number of halogens is 1. The number of hydrogen-bond acceptors (Lipinski definition) is 6. The number of fused-ring (bicyclic) bond motifs is 1. The standard InChI is InChI=1S/C22H27BrN2O6/c1-4-30-21(29)14-15-20(28)25(8-9-26)18(22(15)10-13(23)17(14)31-22)19(27)24-16-11(2)6-5-7-12(16)3/h5-7,13-15,17-18,26H,4,8-10H2,1-3H3,(H,24,27)/t13?,14-,15-,17-,18?,22?/m0/s1. The molecule has 0 aliphatic carbocycles. The van der Waals surface area contributed by atoms with Crippen molar-refractivity contribution >= 4 is 39.4 Å². The monoisotopic (exact) mass is 494 g/mol. The van der Waals surface area contributed by atoms with Crippen molar-refractivity contribution in [3.63, 3.8) is 0 Å². The van der Waals surface area contributed by atoms with E-state index in [0.717, 1.165) is 11.1 Å². The first-order chi connectivity index (χ1) is 14.8. The summed E-state index contributed by atoms with van der Waals surface area (Å²) >= 11 is 3.59. The van der Waals surface area contributed by atoms with Crippen LogP contribution in [0, 0.1) is 25.7 Å². The maximum Gasteiger partial charge on any atom is 0.312 e. The summed E-state index contributed by atoms with van der Waals surface area (Å²) in [5.74, 6) is -2.82. The first-order valence-corrected chi connectivity index (χ1v) is 11.4. The molecule has 3 fully saturated rings. The number of aliphatic hydroxyl groups excluding tert-OH is 1. The second-order valence-electron chi connectivity index (χ2n) is 8.43. The second kappa shape index (κ2) is 8.18. The molecule has 1 aromatic rings. The highest BCUT2D eigenvalue weighted by atomic mass is 79.9. The van der Waals surface area contributed by atoms with Crippen molar-refractivity contribution in [1.29, 1.82) is 0 Å². The minimum absolute atomic E-state index is 0.0154. The molecule has 9 heteroatoms. The highest BCUT2D eigenvalue weighted by Gasteiger charge is 2.76. The Bertz CT molecular complexity index is 903. The van der Waals surface area contributed by atoms with Crippen molar-refractivity contribution in [2.75, 3.05) is 25.1 Å². The Morgan fingerprint density at radius 3 is 2.65 bits per heavy atom. The predicted molar refractivity (Wildman–Crippen MR) is 116 cm³/mol. The molecule has 1 aromatic carbocycles. The van der Waals surface area contributed by atoms with E-state index in [1.165, 1.54) is 4.90 Å². The Balaban J connectivity index is 1.74. The topological polar surface area (TPSA) is 105 Å². The lowest BCUT2D eigenvalue weighted by Crippen LogP contribution is -2.54. The van der Waals surface area contributed by atoms with Gasteiger partial charge in [-0.15, -0.1) is 0 Å². The van der Waals surface area contributed by atoms with Crippen molar-refractivity contribution in [3.8, 4) is 0 Å². The maximum absolute atomic E-state index is 13.6. The number of ether oxygens (including phenoxy) is 2. The predicted octanol–water partition coefficient (Wildman–Crippen LogP) is 1.55. The highest BCUT2D eigenvalue weighted by Crippen LogP contribution is 2.60. The van der Waals surface area contributed by atoms with Gasteiger partial charge < -0.3 is 24.8 Å². The van der Waals surface area contributed by atoms with Crippen LogP contribution in [0.25, 0.3) is 0 Å². The number of carbonyl (C=O) groups is 3. The van der Waals surface area contributed by atoms with Crippen LogP contribution in [0.5, 0.6) is 0 Å². The number of nitrogens with one attached hydrogen (secondary N) is 1. The number of anilines is 1. The average Bonchev–Trinajstić information content (AvgIpc) is 3.29. The fourth-order valence-electron chi connectivity index (χ4n) is 5.49. The number of β-amino-alcohol motifs (C(OH)–C–C–N with tert-alkyl or cyclic N) is 1. The molecule has 3 unspecified atom stereocenters. The van der Waals surface area contributed by atoms with Gasteiger partial charge in [-0.2, -0.15) is 0 Å². The number of rotatable bonds is 6. The number of aryl methyl sites for hydroxylation is 2. The molecule has 2 bridgehead atoms. The Kier molecular flexibility index (Phi) is 5.87. The molecule has 31 heavy (non-hydrogen) atoms. The third kappa shape index (κ3) is 3.29. The van der Waals surface area contributed by atoms with Gasteiger partial charge in [0.15, 0.2) is 0 Å². The van der Waals surface area contributed by atoms with Gasteiger partial charge in [0.25, 0.3) is 0 Å². The fraction of sp³-hybridized carbons (Fsp3) is 0.591.